The summed E-state index contributed by atoms with van der Waals surface area (Å²) >= 11 is 0. The molecule has 4 aromatic rings. The van der Waals surface area contributed by atoms with E-state index in [1.807, 2.05) is 66.4 Å². The monoisotopic (exact) mass is 580 g/mol. The zero-order chi connectivity index (χ0) is 30.7. The van der Waals surface area contributed by atoms with Gasteiger partial charge >= 0.3 is 6.03 Å². The number of carbonyl (C=O) groups is 2. The zero-order valence-corrected chi connectivity index (χ0v) is 25.5. The van der Waals surface area contributed by atoms with Crippen LogP contribution in [-0.4, -0.2) is 49.8 Å². The molecule has 9 heteroatoms. The number of para-hydroxylation sites is 1. The van der Waals surface area contributed by atoms with Gasteiger partial charge in [0, 0.05) is 47.6 Å². The fourth-order valence-electron chi connectivity index (χ4n) is 5.42. The van der Waals surface area contributed by atoms with Gasteiger partial charge in [0.05, 0.1) is 11.4 Å². The van der Waals surface area contributed by atoms with Gasteiger partial charge in [-0.2, -0.15) is 5.10 Å². The largest absolute Gasteiger partial charge is 0.493 e. The molecule has 9 nitrogen and oxygen atoms in total. The maximum Gasteiger partial charge on any atom is 0.324 e. The Kier molecular flexibility index (Phi) is 8.52. The summed E-state index contributed by atoms with van der Waals surface area (Å²) in [6.07, 6.45) is 2.50. The number of rotatable bonds is 6. The van der Waals surface area contributed by atoms with Gasteiger partial charge in [0.15, 0.2) is 0 Å². The van der Waals surface area contributed by atoms with Crippen LogP contribution in [0.25, 0.3) is 5.69 Å². The average molecular weight is 581 g/mol. The molecule has 0 unspecified atom stereocenters. The van der Waals surface area contributed by atoms with Gasteiger partial charge in [-0.3, -0.25) is 10.1 Å². The summed E-state index contributed by atoms with van der Waals surface area (Å²) < 4.78 is 1.77. The van der Waals surface area contributed by atoms with Gasteiger partial charge in [-0.25, -0.2) is 14.5 Å². The molecule has 3 amide bonds. The fourth-order valence-corrected chi connectivity index (χ4v) is 5.42. The number of benzene rings is 2. The van der Waals surface area contributed by atoms with Crippen LogP contribution in [0.15, 0.2) is 66.7 Å². The molecule has 0 atom stereocenters. The Morgan fingerprint density at radius 2 is 1.65 bits per heavy atom. The van der Waals surface area contributed by atoms with E-state index in [0.29, 0.717) is 36.1 Å². The predicted molar refractivity (Wildman–Crippen MR) is 169 cm³/mol. The van der Waals surface area contributed by atoms with Gasteiger partial charge < -0.3 is 15.3 Å². The molecule has 224 valence electrons. The van der Waals surface area contributed by atoms with E-state index in [1.165, 1.54) is 6.07 Å². The van der Waals surface area contributed by atoms with Crippen molar-refractivity contribution in [2.45, 2.75) is 59.3 Å². The number of aromatic hydroxyl groups is 1. The van der Waals surface area contributed by atoms with E-state index in [9.17, 15) is 14.7 Å². The van der Waals surface area contributed by atoms with Crippen LogP contribution in [0.1, 0.15) is 66.5 Å². The number of hydrogen-bond donors (Lipinski definition) is 3. The lowest BCUT2D eigenvalue weighted by molar-refractivity contribution is 0.0690. The summed E-state index contributed by atoms with van der Waals surface area (Å²) in [5.41, 5.74) is 5.61. The summed E-state index contributed by atoms with van der Waals surface area (Å²) in [6, 6.07) is 20.6. The molecule has 0 radical (unpaired) electrons. The molecule has 5 rings (SSSR count). The highest BCUT2D eigenvalue weighted by Crippen LogP contribution is 2.29. The maximum atomic E-state index is 13.3. The van der Waals surface area contributed by atoms with Crippen LogP contribution < -0.4 is 10.6 Å². The molecule has 0 spiro atoms. The molecular formula is C34H40N6O3. The first-order chi connectivity index (χ1) is 20.5. The standard InChI is InChI=1S/C34H40N6O3/c1-22-10-12-27(13-11-22)40-30(21-29(38-40)34(3,4)5)37-33(43)36-28-9-7-6-8-25(28)19-24-14-16-39(17-15-24)32(42)26-18-23(2)35-31(41)20-26/h6-13,18,20-21,24H,14-17,19H2,1-5H3,(H,35,41)(H2,36,37,43). The van der Waals surface area contributed by atoms with Crippen molar-refractivity contribution in [1.82, 2.24) is 19.7 Å². The number of nitrogens with zero attached hydrogens (tertiary/aromatic N) is 4. The third kappa shape index (κ3) is 7.23. The lowest BCUT2D eigenvalue weighted by Crippen LogP contribution is -2.39. The molecule has 2 aromatic heterocycles. The topological polar surface area (TPSA) is 112 Å². The van der Waals surface area contributed by atoms with Gasteiger partial charge in [-0.1, -0.05) is 56.7 Å². The van der Waals surface area contributed by atoms with E-state index in [1.54, 1.807) is 17.7 Å². The fraction of sp³-hybridized carbons (Fsp3) is 0.353. The van der Waals surface area contributed by atoms with Crippen LogP contribution in [0.4, 0.5) is 16.3 Å². The summed E-state index contributed by atoms with van der Waals surface area (Å²) in [7, 11) is 0. The third-order valence-corrected chi connectivity index (χ3v) is 7.86. The Balaban J connectivity index is 1.24. The highest BCUT2D eigenvalue weighted by molar-refractivity contribution is 6.00. The number of anilines is 2. The Labute approximate surface area is 253 Å². The second-order valence-corrected chi connectivity index (χ2v) is 12.4. The number of nitrogens with one attached hydrogen (secondary N) is 2. The Hall–Kier alpha value is -4.66. The van der Waals surface area contributed by atoms with Crippen LogP contribution in [0.5, 0.6) is 5.88 Å². The van der Waals surface area contributed by atoms with Crippen molar-refractivity contribution >= 4 is 23.4 Å². The van der Waals surface area contributed by atoms with Gasteiger partial charge in [0.2, 0.25) is 5.88 Å². The van der Waals surface area contributed by atoms with Crippen molar-refractivity contribution in [3.63, 3.8) is 0 Å². The third-order valence-electron chi connectivity index (χ3n) is 7.86. The molecule has 1 fully saturated rings. The summed E-state index contributed by atoms with van der Waals surface area (Å²) in [6.45, 7) is 11.4. The lowest BCUT2D eigenvalue weighted by Gasteiger charge is -2.32. The SMILES string of the molecule is Cc1ccc(-n2nc(C(C)(C)C)cc2NC(=O)Nc2ccccc2CC2CCN(C(=O)c3cc(C)nc(O)c3)CC2)cc1. The first kappa shape index (κ1) is 29.8. The second kappa shape index (κ2) is 12.3. The molecule has 0 aliphatic carbocycles. The van der Waals surface area contributed by atoms with Crippen LogP contribution in [-0.2, 0) is 11.8 Å². The van der Waals surface area contributed by atoms with E-state index < -0.39 is 0 Å². The zero-order valence-electron chi connectivity index (χ0n) is 25.5. The van der Waals surface area contributed by atoms with E-state index in [0.717, 1.165) is 47.5 Å². The maximum absolute atomic E-state index is 13.3. The number of aromatic nitrogens is 3. The van der Waals surface area contributed by atoms with Crippen molar-refractivity contribution in [3.8, 4) is 11.6 Å². The number of carbonyl (C=O) groups excluding carboxylic acids is 2. The molecule has 0 saturated carbocycles. The molecule has 1 aliphatic rings. The van der Waals surface area contributed by atoms with Crippen LogP contribution in [0.3, 0.4) is 0 Å². The molecule has 3 N–H and O–H groups in total. The van der Waals surface area contributed by atoms with E-state index in [4.69, 9.17) is 5.10 Å². The molecule has 0 bridgehead atoms. The first-order valence-corrected chi connectivity index (χ1v) is 14.8. The van der Waals surface area contributed by atoms with Crippen LogP contribution in [0, 0.1) is 19.8 Å². The Bertz CT molecular complexity index is 1590. The number of likely N-dealkylation sites (tertiary alicyclic amines) is 1. The highest BCUT2D eigenvalue weighted by Gasteiger charge is 2.26. The van der Waals surface area contributed by atoms with Crippen molar-refractivity contribution < 1.29 is 14.7 Å². The van der Waals surface area contributed by atoms with Crippen LogP contribution in [0.2, 0.25) is 0 Å². The first-order valence-electron chi connectivity index (χ1n) is 14.8. The number of pyridine rings is 1. The minimum atomic E-state index is -0.336. The molecule has 3 heterocycles. The van der Waals surface area contributed by atoms with E-state index in [2.05, 4.69) is 36.4 Å². The van der Waals surface area contributed by atoms with Crippen LogP contribution >= 0.6 is 0 Å². The summed E-state index contributed by atoms with van der Waals surface area (Å²) in [5.74, 6) is 0.747. The van der Waals surface area contributed by atoms with Gasteiger partial charge in [0.25, 0.3) is 5.91 Å². The van der Waals surface area contributed by atoms with Crippen molar-refractivity contribution in [3.05, 3.63) is 94.8 Å². The van der Waals surface area contributed by atoms with Crippen molar-refractivity contribution in [1.29, 1.82) is 0 Å². The predicted octanol–water partition coefficient (Wildman–Crippen LogP) is 6.63. The van der Waals surface area contributed by atoms with E-state index >= 15 is 0 Å². The Morgan fingerprint density at radius 3 is 2.33 bits per heavy atom. The lowest BCUT2D eigenvalue weighted by atomic mass is 9.89. The van der Waals surface area contributed by atoms with Gasteiger partial charge in [-0.05, 0) is 68.9 Å². The Morgan fingerprint density at radius 1 is 0.953 bits per heavy atom. The number of aryl methyl sites for hydroxylation is 2. The molecule has 43 heavy (non-hydrogen) atoms. The van der Waals surface area contributed by atoms with Crippen molar-refractivity contribution in [2.24, 2.45) is 5.92 Å². The number of piperidine rings is 1. The molecule has 2 aromatic carbocycles. The second-order valence-electron chi connectivity index (χ2n) is 12.4. The summed E-state index contributed by atoms with van der Waals surface area (Å²) in [4.78, 5) is 32.1. The smallest absolute Gasteiger partial charge is 0.324 e. The number of hydrogen-bond acceptors (Lipinski definition) is 5. The normalized spacial score (nSPS) is 14.0. The minimum Gasteiger partial charge on any atom is -0.493 e. The molecule has 1 aliphatic heterocycles. The van der Waals surface area contributed by atoms with Gasteiger partial charge in [-0.15, -0.1) is 0 Å². The quantitative estimate of drug-likeness (QED) is 0.237. The highest BCUT2D eigenvalue weighted by atomic mass is 16.3. The number of amides is 3. The average Bonchev–Trinajstić information content (AvgIpc) is 3.38. The molecular weight excluding hydrogens is 540 g/mol. The number of urea groups is 1. The minimum absolute atomic E-state index is 0.0857. The summed E-state index contributed by atoms with van der Waals surface area (Å²) in [5, 5.41) is 20.7. The van der Waals surface area contributed by atoms with Crippen molar-refractivity contribution in [2.75, 3.05) is 23.7 Å². The van der Waals surface area contributed by atoms with E-state index in [-0.39, 0.29) is 23.2 Å². The molecule has 1 saturated heterocycles. The van der Waals surface area contributed by atoms with Gasteiger partial charge in [0.1, 0.15) is 5.82 Å².